The van der Waals surface area contributed by atoms with Crippen LogP contribution in [0.1, 0.15) is 35.5 Å². The molecule has 2 aromatic rings. The highest BCUT2D eigenvalue weighted by Crippen LogP contribution is 2.22. The summed E-state index contributed by atoms with van der Waals surface area (Å²) >= 11 is 0. The molecular formula is C20H25N3O2. The van der Waals surface area contributed by atoms with Gasteiger partial charge in [0.2, 0.25) is 5.91 Å². The number of aryl methyl sites for hydroxylation is 2. The Kier molecular flexibility index (Phi) is 5.31. The lowest BCUT2D eigenvalue weighted by Crippen LogP contribution is -2.40. The summed E-state index contributed by atoms with van der Waals surface area (Å²) < 4.78 is 0. The van der Waals surface area contributed by atoms with Crippen molar-refractivity contribution < 1.29 is 4.79 Å². The molecule has 1 aromatic carbocycles. The van der Waals surface area contributed by atoms with Crippen molar-refractivity contribution >= 4 is 5.91 Å². The molecule has 1 aliphatic rings. The molecule has 0 spiro atoms. The summed E-state index contributed by atoms with van der Waals surface area (Å²) in [5.74, 6) is 1.23. The Morgan fingerprint density at radius 1 is 1.20 bits per heavy atom. The first kappa shape index (κ1) is 17.4. The van der Waals surface area contributed by atoms with Crippen LogP contribution >= 0.6 is 0 Å². The van der Waals surface area contributed by atoms with Gasteiger partial charge in [-0.2, -0.15) is 0 Å². The molecule has 5 heteroatoms. The molecule has 0 bridgehead atoms. The lowest BCUT2D eigenvalue weighted by molar-refractivity contribution is -0.131. The average molecular weight is 339 g/mol. The molecule has 1 aromatic heterocycles. The molecule has 1 saturated heterocycles. The number of aromatic nitrogens is 2. The van der Waals surface area contributed by atoms with E-state index < -0.39 is 0 Å². The Labute approximate surface area is 148 Å². The highest BCUT2D eigenvalue weighted by atomic mass is 16.2. The van der Waals surface area contributed by atoms with Crippen LogP contribution in [0, 0.1) is 19.8 Å². The van der Waals surface area contributed by atoms with Crippen molar-refractivity contribution in [2.75, 3.05) is 13.1 Å². The lowest BCUT2D eigenvalue weighted by Gasteiger charge is -2.32. The molecule has 1 N–H and O–H groups in total. The maximum atomic E-state index is 12.6. The summed E-state index contributed by atoms with van der Waals surface area (Å²) in [7, 11) is 0. The Bertz CT molecular complexity index is 790. The van der Waals surface area contributed by atoms with Crippen molar-refractivity contribution in [1.29, 1.82) is 0 Å². The largest absolute Gasteiger partial charge is 0.342 e. The van der Waals surface area contributed by atoms with Gasteiger partial charge in [-0.1, -0.05) is 30.3 Å². The van der Waals surface area contributed by atoms with E-state index in [4.69, 9.17) is 0 Å². The fourth-order valence-electron chi connectivity index (χ4n) is 3.56. The van der Waals surface area contributed by atoms with Crippen LogP contribution < -0.4 is 5.56 Å². The van der Waals surface area contributed by atoms with Gasteiger partial charge in [0.1, 0.15) is 5.82 Å². The number of H-pyrrole nitrogens is 1. The monoisotopic (exact) mass is 339 g/mol. The number of aromatic amines is 1. The Hall–Kier alpha value is -2.43. The standard InChI is InChI=1S/C20H25N3O2/c1-14-18(20(25)22-15(2)21-14)13-19(24)23-10-8-17(9-11-23)12-16-6-4-3-5-7-16/h3-7,17H,8-13H2,1-2H3,(H,21,22,25). The Morgan fingerprint density at radius 3 is 2.52 bits per heavy atom. The highest BCUT2D eigenvalue weighted by molar-refractivity contribution is 5.79. The SMILES string of the molecule is Cc1nc(C)c(CC(=O)N2CCC(Cc3ccccc3)CC2)c(=O)[nH]1. The fourth-order valence-corrected chi connectivity index (χ4v) is 3.56. The second-order valence-corrected chi connectivity index (χ2v) is 6.91. The minimum absolute atomic E-state index is 0.0254. The van der Waals surface area contributed by atoms with E-state index in [9.17, 15) is 9.59 Å². The quantitative estimate of drug-likeness (QED) is 0.930. The predicted molar refractivity (Wildman–Crippen MR) is 97.5 cm³/mol. The molecule has 2 heterocycles. The number of nitrogens with one attached hydrogen (secondary N) is 1. The molecular weight excluding hydrogens is 314 g/mol. The number of piperidine rings is 1. The molecule has 1 fully saturated rings. The van der Waals surface area contributed by atoms with Gasteiger partial charge >= 0.3 is 0 Å². The maximum Gasteiger partial charge on any atom is 0.254 e. The topological polar surface area (TPSA) is 66.1 Å². The van der Waals surface area contributed by atoms with E-state index in [-0.39, 0.29) is 17.9 Å². The van der Waals surface area contributed by atoms with Crippen molar-refractivity contribution in [1.82, 2.24) is 14.9 Å². The molecule has 0 radical (unpaired) electrons. The van der Waals surface area contributed by atoms with Gasteiger partial charge in [-0.05, 0) is 44.6 Å². The molecule has 3 rings (SSSR count). The van der Waals surface area contributed by atoms with Crippen LogP contribution in [0.4, 0.5) is 0 Å². The molecule has 1 amide bonds. The summed E-state index contributed by atoms with van der Waals surface area (Å²) in [6, 6.07) is 10.5. The van der Waals surface area contributed by atoms with Gasteiger partial charge in [-0.3, -0.25) is 9.59 Å². The number of hydrogen-bond acceptors (Lipinski definition) is 3. The van der Waals surface area contributed by atoms with Crippen LogP contribution in [-0.2, 0) is 17.6 Å². The van der Waals surface area contributed by atoms with E-state index >= 15 is 0 Å². The van der Waals surface area contributed by atoms with E-state index in [0.29, 0.717) is 23.0 Å². The second kappa shape index (κ2) is 7.64. The summed E-state index contributed by atoms with van der Waals surface area (Å²) in [6.07, 6.45) is 3.24. The van der Waals surface area contributed by atoms with Crippen LogP contribution in [0.15, 0.2) is 35.1 Å². The van der Waals surface area contributed by atoms with Gasteiger partial charge in [-0.15, -0.1) is 0 Å². The normalized spacial score (nSPS) is 15.4. The Morgan fingerprint density at radius 2 is 1.88 bits per heavy atom. The molecule has 0 unspecified atom stereocenters. The number of likely N-dealkylation sites (tertiary alicyclic amines) is 1. The zero-order valence-electron chi connectivity index (χ0n) is 14.9. The minimum atomic E-state index is -0.197. The third-order valence-corrected chi connectivity index (χ3v) is 5.00. The van der Waals surface area contributed by atoms with Crippen LogP contribution in [0.5, 0.6) is 0 Å². The van der Waals surface area contributed by atoms with E-state index in [1.54, 1.807) is 13.8 Å². The first-order valence-corrected chi connectivity index (χ1v) is 8.91. The van der Waals surface area contributed by atoms with Gasteiger partial charge in [0.05, 0.1) is 6.42 Å². The lowest BCUT2D eigenvalue weighted by atomic mass is 9.90. The maximum absolute atomic E-state index is 12.6. The van der Waals surface area contributed by atoms with E-state index in [0.717, 1.165) is 32.4 Å². The van der Waals surface area contributed by atoms with Crippen LogP contribution in [-0.4, -0.2) is 33.9 Å². The van der Waals surface area contributed by atoms with E-state index in [1.807, 2.05) is 11.0 Å². The first-order valence-electron chi connectivity index (χ1n) is 8.91. The number of amides is 1. The van der Waals surface area contributed by atoms with Gasteiger partial charge in [0, 0.05) is 24.3 Å². The molecule has 0 aliphatic carbocycles. The Balaban J connectivity index is 1.56. The smallest absolute Gasteiger partial charge is 0.254 e. The van der Waals surface area contributed by atoms with Gasteiger partial charge in [0.15, 0.2) is 0 Å². The molecule has 0 saturated carbocycles. The minimum Gasteiger partial charge on any atom is -0.342 e. The first-order chi connectivity index (χ1) is 12.0. The fraction of sp³-hybridized carbons (Fsp3) is 0.450. The number of hydrogen-bond donors (Lipinski definition) is 1. The number of rotatable bonds is 4. The number of benzene rings is 1. The van der Waals surface area contributed by atoms with Gasteiger partial charge in [-0.25, -0.2) is 4.98 Å². The predicted octanol–water partition coefficient (Wildman–Crippen LogP) is 2.41. The van der Waals surface area contributed by atoms with Crippen molar-refractivity contribution in [2.45, 2.75) is 39.5 Å². The number of carbonyl (C=O) groups is 1. The third-order valence-electron chi connectivity index (χ3n) is 5.00. The summed E-state index contributed by atoms with van der Waals surface area (Å²) in [6.45, 7) is 5.08. The summed E-state index contributed by atoms with van der Waals surface area (Å²) in [5, 5.41) is 0. The molecule has 0 atom stereocenters. The van der Waals surface area contributed by atoms with Crippen LogP contribution in [0.25, 0.3) is 0 Å². The molecule has 1 aliphatic heterocycles. The molecule has 25 heavy (non-hydrogen) atoms. The molecule has 5 nitrogen and oxygen atoms in total. The van der Waals surface area contributed by atoms with E-state index in [1.165, 1.54) is 5.56 Å². The summed E-state index contributed by atoms with van der Waals surface area (Å²) in [4.78, 5) is 33.5. The van der Waals surface area contributed by atoms with Gasteiger partial charge < -0.3 is 9.88 Å². The summed E-state index contributed by atoms with van der Waals surface area (Å²) in [5.41, 5.74) is 2.30. The third kappa shape index (κ3) is 4.35. The average Bonchev–Trinajstić information content (AvgIpc) is 2.59. The van der Waals surface area contributed by atoms with Crippen molar-refractivity contribution in [3.8, 4) is 0 Å². The molecule has 132 valence electrons. The van der Waals surface area contributed by atoms with E-state index in [2.05, 4.69) is 34.2 Å². The zero-order chi connectivity index (χ0) is 17.8. The van der Waals surface area contributed by atoms with Crippen molar-refractivity contribution in [2.24, 2.45) is 5.92 Å². The second-order valence-electron chi connectivity index (χ2n) is 6.91. The van der Waals surface area contributed by atoms with Gasteiger partial charge in [0.25, 0.3) is 5.56 Å². The van der Waals surface area contributed by atoms with Crippen LogP contribution in [0.3, 0.4) is 0 Å². The zero-order valence-corrected chi connectivity index (χ0v) is 14.9. The van der Waals surface area contributed by atoms with Crippen LogP contribution in [0.2, 0.25) is 0 Å². The number of nitrogens with zero attached hydrogens (tertiary/aromatic N) is 2. The van der Waals surface area contributed by atoms with Crippen molar-refractivity contribution in [3.63, 3.8) is 0 Å². The number of carbonyl (C=O) groups excluding carboxylic acids is 1. The highest BCUT2D eigenvalue weighted by Gasteiger charge is 2.24. The van der Waals surface area contributed by atoms with Crippen molar-refractivity contribution in [3.05, 3.63) is 63.3 Å².